The number of methoxy groups -OCH3 is 1. The summed E-state index contributed by atoms with van der Waals surface area (Å²) in [5.41, 5.74) is 5.46. The second-order valence-electron chi connectivity index (χ2n) is 8.14. The summed E-state index contributed by atoms with van der Waals surface area (Å²) < 4.78 is 6.66. The van der Waals surface area contributed by atoms with Crippen LogP contribution in [0.15, 0.2) is 46.7 Å². The SMILES string of the molecule is C/C=C1\C[N+]2(C)CC[C@@]34C(=Nc5c(OC)cccc53)C(=C[O-])[C@H]1C[C@@H]42.I. The first kappa shape index (κ1) is 18.0. The fourth-order valence-corrected chi connectivity index (χ4v) is 6.17. The van der Waals surface area contributed by atoms with Gasteiger partial charge in [-0.2, -0.15) is 0 Å². The average molecular weight is 464 g/mol. The summed E-state index contributed by atoms with van der Waals surface area (Å²) in [4.78, 5) is 5.03. The average Bonchev–Trinajstić information content (AvgIpc) is 3.14. The molecule has 5 rings (SSSR count). The molecule has 3 aliphatic heterocycles. The van der Waals surface area contributed by atoms with Gasteiger partial charge in [-0.1, -0.05) is 18.2 Å². The van der Waals surface area contributed by atoms with E-state index in [4.69, 9.17) is 9.73 Å². The highest BCUT2D eigenvalue weighted by Crippen LogP contribution is 2.62. The maximum atomic E-state index is 12.1. The van der Waals surface area contributed by atoms with Crippen LogP contribution in [-0.2, 0) is 5.41 Å². The molecule has 1 saturated carbocycles. The van der Waals surface area contributed by atoms with Gasteiger partial charge in [0.05, 0.1) is 31.8 Å². The van der Waals surface area contributed by atoms with Crippen molar-refractivity contribution in [1.82, 2.24) is 0 Å². The molecule has 138 valence electrons. The van der Waals surface area contributed by atoms with Gasteiger partial charge in [-0.15, -0.1) is 30.2 Å². The summed E-state index contributed by atoms with van der Waals surface area (Å²) in [6.07, 6.45) is 5.42. The number of piperidine rings is 1. The highest BCUT2D eigenvalue weighted by molar-refractivity contribution is 14.0. The van der Waals surface area contributed by atoms with Gasteiger partial charge in [0.2, 0.25) is 0 Å². The third kappa shape index (κ3) is 1.91. The van der Waals surface area contributed by atoms with Crippen molar-refractivity contribution >= 4 is 35.4 Å². The van der Waals surface area contributed by atoms with Crippen molar-refractivity contribution in [2.45, 2.75) is 31.2 Å². The molecule has 5 heteroatoms. The summed E-state index contributed by atoms with van der Waals surface area (Å²) in [5.74, 6) is 1.06. The van der Waals surface area contributed by atoms with E-state index in [1.807, 2.05) is 6.07 Å². The number of hydrogen-bond donors (Lipinski definition) is 0. The molecule has 4 atom stereocenters. The van der Waals surface area contributed by atoms with E-state index in [1.165, 1.54) is 11.1 Å². The van der Waals surface area contributed by atoms with E-state index in [1.54, 1.807) is 7.11 Å². The third-order valence-electron chi connectivity index (χ3n) is 7.28. The summed E-state index contributed by atoms with van der Waals surface area (Å²) in [6.45, 7) is 4.30. The van der Waals surface area contributed by atoms with Crippen LogP contribution in [0.25, 0.3) is 0 Å². The Balaban J connectivity index is 0.00000168. The Morgan fingerprint density at radius 1 is 1.38 bits per heavy atom. The zero-order valence-electron chi connectivity index (χ0n) is 15.5. The molecule has 0 radical (unpaired) electrons. The molecule has 0 N–H and O–H groups in total. The van der Waals surface area contributed by atoms with E-state index in [0.29, 0.717) is 6.04 Å². The van der Waals surface area contributed by atoms with Gasteiger partial charge >= 0.3 is 0 Å². The van der Waals surface area contributed by atoms with Gasteiger partial charge in [-0.3, -0.25) is 0 Å². The Bertz CT molecular complexity index is 875. The normalized spacial score (nSPS) is 39.3. The van der Waals surface area contributed by atoms with E-state index in [0.717, 1.165) is 59.4 Å². The van der Waals surface area contributed by atoms with E-state index in [9.17, 15) is 5.11 Å². The number of fused-ring (bicyclic) bond motifs is 2. The van der Waals surface area contributed by atoms with Crippen molar-refractivity contribution in [3.63, 3.8) is 0 Å². The lowest BCUT2D eigenvalue weighted by Gasteiger charge is -2.53. The Labute approximate surface area is 171 Å². The van der Waals surface area contributed by atoms with Crippen molar-refractivity contribution in [1.29, 1.82) is 0 Å². The minimum absolute atomic E-state index is 0. The third-order valence-corrected chi connectivity index (χ3v) is 7.28. The maximum Gasteiger partial charge on any atom is 0.144 e. The molecule has 1 spiro atoms. The molecule has 2 bridgehead atoms. The number of benzene rings is 1. The largest absolute Gasteiger partial charge is 0.878 e. The Morgan fingerprint density at radius 2 is 2.19 bits per heavy atom. The summed E-state index contributed by atoms with van der Waals surface area (Å²) in [5, 5.41) is 12.1. The predicted octanol–water partition coefficient (Wildman–Crippen LogP) is 3.08. The molecule has 1 aliphatic carbocycles. The Morgan fingerprint density at radius 3 is 2.88 bits per heavy atom. The fraction of sp³-hybridized carbons (Fsp3) is 0.476. The van der Waals surface area contributed by atoms with Crippen LogP contribution in [0.3, 0.4) is 0 Å². The smallest absolute Gasteiger partial charge is 0.144 e. The van der Waals surface area contributed by atoms with Gasteiger partial charge in [-0.05, 0) is 29.7 Å². The Kier molecular flexibility index (Phi) is 4.04. The molecule has 1 aromatic carbocycles. The van der Waals surface area contributed by atoms with Gasteiger partial charge in [0.25, 0.3) is 0 Å². The molecule has 4 aliphatic rings. The van der Waals surface area contributed by atoms with Crippen molar-refractivity contribution in [3.8, 4) is 5.75 Å². The molecular formula is C21H25IN2O2. The quantitative estimate of drug-likeness (QED) is 0.278. The summed E-state index contributed by atoms with van der Waals surface area (Å²) in [6, 6.07) is 6.75. The van der Waals surface area contributed by atoms with E-state index < -0.39 is 0 Å². The highest BCUT2D eigenvalue weighted by Gasteiger charge is 2.68. The second-order valence-corrected chi connectivity index (χ2v) is 8.14. The zero-order chi connectivity index (χ0) is 17.4. The van der Waals surface area contributed by atoms with Gasteiger partial charge in [0.15, 0.2) is 0 Å². The van der Waals surface area contributed by atoms with Crippen molar-refractivity contribution in [3.05, 3.63) is 47.2 Å². The molecule has 26 heavy (non-hydrogen) atoms. The second kappa shape index (κ2) is 5.83. The van der Waals surface area contributed by atoms with Crippen LogP contribution in [-0.4, -0.2) is 43.5 Å². The molecule has 3 heterocycles. The van der Waals surface area contributed by atoms with Crippen LogP contribution in [0.2, 0.25) is 0 Å². The number of ether oxygens (including phenoxy) is 1. The lowest BCUT2D eigenvalue weighted by Crippen LogP contribution is -2.63. The number of nitrogens with zero attached hydrogens (tertiary/aromatic N) is 2. The lowest BCUT2D eigenvalue weighted by atomic mass is 9.58. The molecule has 1 unspecified atom stereocenters. The number of aliphatic imine (C=N–C) groups is 1. The van der Waals surface area contributed by atoms with Crippen LogP contribution in [0.5, 0.6) is 5.75 Å². The van der Waals surface area contributed by atoms with Crippen molar-refractivity contribution in [2.75, 3.05) is 27.2 Å². The minimum atomic E-state index is -0.107. The number of allylic oxidation sites excluding steroid dienone is 2. The van der Waals surface area contributed by atoms with Gasteiger partial charge in [0, 0.05) is 18.8 Å². The number of halogens is 1. The molecule has 0 amide bonds. The summed E-state index contributed by atoms with van der Waals surface area (Å²) in [7, 11) is 4.09. The standard InChI is InChI=1S/C21H24N2O2.HI/c1-4-13-11-23(2)9-8-21-16-6-5-7-17(25-3)19(16)22-20(21)15(12-24)14(13)10-18(21)23;/h4-7,12,14,18H,8-11H2,1-3H3;1H/b13-4+;/t14-,18-,21+,23?;/m0./s1. The monoisotopic (exact) mass is 464 g/mol. The first-order valence-corrected chi connectivity index (χ1v) is 9.17. The highest BCUT2D eigenvalue weighted by atomic mass is 127. The van der Waals surface area contributed by atoms with E-state index in [2.05, 4.69) is 32.2 Å². The maximum absolute atomic E-state index is 12.1. The number of hydrogen-bond acceptors (Lipinski definition) is 3. The van der Waals surface area contributed by atoms with Crippen LogP contribution in [0.1, 0.15) is 25.3 Å². The number of likely N-dealkylation sites (N-methyl/N-ethyl adjacent to an activating group) is 1. The molecule has 1 aromatic rings. The van der Waals surface area contributed by atoms with E-state index >= 15 is 0 Å². The van der Waals surface area contributed by atoms with Gasteiger partial charge in [0.1, 0.15) is 24.0 Å². The molecule has 4 nitrogen and oxygen atoms in total. The molecule has 0 aromatic heterocycles. The van der Waals surface area contributed by atoms with Gasteiger partial charge < -0.3 is 14.3 Å². The molecule has 2 saturated heterocycles. The number of para-hydroxylation sites is 1. The first-order chi connectivity index (χ1) is 12.1. The van der Waals surface area contributed by atoms with Crippen molar-refractivity contribution < 1.29 is 14.3 Å². The minimum Gasteiger partial charge on any atom is -0.878 e. The van der Waals surface area contributed by atoms with Crippen LogP contribution in [0.4, 0.5) is 5.69 Å². The fourth-order valence-electron chi connectivity index (χ4n) is 6.17. The van der Waals surface area contributed by atoms with Gasteiger partial charge in [-0.25, -0.2) is 4.99 Å². The van der Waals surface area contributed by atoms with Crippen LogP contribution < -0.4 is 9.84 Å². The number of quaternary nitrogens is 1. The zero-order valence-corrected chi connectivity index (χ0v) is 17.8. The Hall–Kier alpha value is -1.34. The predicted molar refractivity (Wildman–Crippen MR) is 111 cm³/mol. The van der Waals surface area contributed by atoms with Crippen molar-refractivity contribution in [2.24, 2.45) is 10.9 Å². The molecular weight excluding hydrogens is 439 g/mol. The lowest BCUT2D eigenvalue weighted by molar-refractivity contribution is -0.923. The molecule has 3 fully saturated rings. The van der Waals surface area contributed by atoms with Crippen LogP contribution >= 0.6 is 24.0 Å². The first-order valence-electron chi connectivity index (χ1n) is 9.17. The van der Waals surface area contributed by atoms with Crippen LogP contribution in [0, 0.1) is 5.92 Å². The van der Waals surface area contributed by atoms with E-state index in [-0.39, 0.29) is 35.3 Å². The summed E-state index contributed by atoms with van der Waals surface area (Å²) >= 11 is 0. The number of rotatable bonds is 1. The topological polar surface area (TPSA) is 44.6 Å².